The number of aliphatic hydroxyl groups excluding tert-OH is 2. The zero-order valence-corrected chi connectivity index (χ0v) is 14.6. The highest BCUT2D eigenvalue weighted by Crippen LogP contribution is 2.37. The van der Waals surface area contributed by atoms with Crippen LogP contribution in [0, 0.1) is 0 Å². The average Bonchev–Trinajstić information content (AvgIpc) is 2.71. The van der Waals surface area contributed by atoms with Crippen molar-refractivity contribution in [1.82, 2.24) is 4.98 Å². The zero-order valence-electron chi connectivity index (χ0n) is 14.6. The summed E-state index contributed by atoms with van der Waals surface area (Å²) in [6.07, 6.45) is 0. The van der Waals surface area contributed by atoms with E-state index in [0.717, 1.165) is 44.3 Å². The third-order valence-corrected chi connectivity index (χ3v) is 4.68. The number of para-hydroxylation sites is 2. The molecular formula is C22H20N2O2. The maximum absolute atomic E-state index is 9.57. The quantitative estimate of drug-likeness (QED) is 0.546. The topological polar surface area (TPSA) is 56.6 Å². The summed E-state index contributed by atoms with van der Waals surface area (Å²) in [4.78, 5) is 6.88. The maximum atomic E-state index is 9.57. The van der Waals surface area contributed by atoms with Crippen LogP contribution in [0.1, 0.15) is 11.1 Å². The second kappa shape index (κ2) is 6.75. The lowest BCUT2D eigenvalue weighted by Gasteiger charge is -2.24. The molecule has 0 aliphatic carbocycles. The zero-order chi connectivity index (χ0) is 18.1. The third kappa shape index (κ3) is 2.79. The molecule has 3 aromatic carbocycles. The minimum absolute atomic E-state index is 0.0630. The van der Waals surface area contributed by atoms with Gasteiger partial charge in [0.15, 0.2) is 0 Å². The molecule has 4 rings (SSSR count). The number of hydrogen-bond acceptors (Lipinski definition) is 4. The summed E-state index contributed by atoms with van der Waals surface area (Å²) in [5.41, 5.74) is 5.41. The number of aliphatic hydroxyl groups is 2. The van der Waals surface area contributed by atoms with E-state index in [1.54, 1.807) is 0 Å². The molecule has 0 amide bonds. The van der Waals surface area contributed by atoms with E-state index < -0.39 is 0 Å². The van der Waals surface area contributed by atoms with Crippen LogP contribution in [0.5, 0.6) is 0 Å². The minimum atomic E-state index is -0.0630. The Balaban J connectivity index is 2.00. The molecule has 4 nitrogen and oxygen atoms in total. The van der Waals surface area contributed by atoms with Gasteiger partial charge in [-0.25, -0.2) is 4.98 Å². The molecule has 4 aromatic rings. The van der Waals surface area contributed by atoms with Gasteiger partial charge in [0, 0.05) is 23.5 Å². The van der Waals surface area contributed by atoms with Crippen molar-refractivity contribution in [2.75, 3.05) is 11.9 Å². The Bertz CT molecular complexity index is 1020. The molecule has 0 aliphatic rings. The van der Waals surface area contributed by atoms with Crippen LogP contribution in [0.15, 0.2) is 66.7 Å². The van der Waals surface area contributed by atoms with E-state index in [9.17, 15) is 10.2 Å². The molecular weight excluding hydrogens is 324 g/mol. The molecule has 0 saturated carbocycles. The molecule has 0 radical (unpaired) electrons. The predicted octanol–water partition coefficient (Wildman–Crippen LogP) is 4.14. The van der Waals surface area contributed by atoms with Crippen molar-refractivity contribution < 1.29 is 10.2 Å². The monoisotopic (exact) mass is 344 g/mol. The number of hydrogen-bond donors (Lipinski definition) is 2. The summed E-state index contributed by atoms with van der Waals surface area (Å²) in [6, 6.07) is 21.9. The first kappa shape index (κ1) is 16.5. The molecule has 0 unspecified atom stereocenters. The molecule has 130 valence electrons. The van der Waals surface area contributed by atoms with Gasteiger partial charge in [-0.05, 0) is 35.4 Å². The van der Waals surface area contributed by atoms with Gasteiger partial charge in [0.25, 0.3) is 0 Å². The molecule has 26 heavy (non-hydrogen) atoms. The summed E-state index contributed by atoms with van der Waals surface area (Å²) in [6.45, 7) is -0.126. The number of anilines is 2. The van der Waals surface area contributed by atoms with Crippen molar-refractivity contribution in [2.45, 2.75) is 13.2 Å². The van der Waals surface area contributed by atoms with Crippen LogP contribution in [0.2, 0.25) is 0 Å². The minimum Gasteiger partial charge on any atom is -0.392 e. The SMILES string of the molecule is CN(c1cc(CO)cc(CO)c1)c1c2ccccc2nc2ccccc12. The van der Waals surface area contributed by atoms with Crippen molar-refractivity contribution in [3.63, 3.8) is 0 Å². The first-order chi connectivity index (χ1) is 12.7. The number of benzene rings is 3. The Morgan fingerprint density at radius 2 is 1.27 bits per heavy atom. The molecule has 0 saturated heterocycles. The summed E-state index contributed by atoms with van der Waals surface area (Å²) in [7, 11) is 2.01. The summed E-state index contributed by atoms with van der Waals surface area (Å²) in [5, 5.41) is 21.3. The molecule has 2 N–H and O–H groups in total. The highest BCUT2D eigenvalue weighted by Gasteiger charge is 2.15. The first-order valence-electron chi connectivity index (χ1n) is 8.57. The van der Waals surface area contributed by atoms with Gasteiger partial charge in [-0.1, -0.05) is 42.5 Å². The van der Waals surface area contributed by atoms with Gasteiger partial charge in [0.2, 0.25) is 0 Å². The molecule has 0 bridgehead atoms. The Hall–Kier alpha value is -2.95. The molecule has 0 fully saturated rings. The second-order valence-electron chi connectivity index (χ2n) is 6.38. The fourth-order valence-corrected chi connectivity index (χ4v) is 3.43. The van der Waals surface area contributed by atoms with Crippen molar-refractivity contribution in [3.05, 3.63) is 77.9 Å². The third-order valence-electron chi connectivity index (χ3n) is 4.68. The lowest BCUT2D eigenvalue weighted by molar-refractivity contribution is 0.275. The number of aromatic nitrogens is 1. The fourth-order valence-electron chi connectivity index (χ4n) is 3.43. The van der Waals surface area contributed by atoms with Gasteiger partial charge >= 0.3 is 0 Å². The number of fused-ring (bicyclic) bond motifs is 2. The normalized spacial score (nSPS) is 11.2. The Morgan fingerprint density at radius 1 is 0.769 bits per heavy atom. The molecule has 1 aromatic heterocycles. The van der Waals surface area contributed by atoms with E-state index in [4.69, 9.17) is 4.98 Å². The van der Waals surface area contributed by atoms with E-state index in [-0.39, 0.29) is 13.2 Å². The van der Waals surface area contributed by atoms with E-state index in [2.05, 4.69) is 17.0 Å². The van der Waals surface area contributed by atoms with Gasteiger partial charge < -0.3 is 15.1 Å². The van der Waals surface area contributed by atoms with Crippen LogP contribution in [0.3, 0.4) is 0 Å². The van der Waals surface area contributed by atoms with Gasteiger partial charge in [-0.15, -0.1) is 0 Å². The molecule has 0 atom stereocenters. The Kier molecular flexibility index (Phi) is 4.29. The van der Waals surface area contributed by atoms with Crippen molar-refractivity contribution >= 4 is 33.2 Å². The van der Waals surface area contributed by atoms with Crippen molar-refractivity contribution in [1.29, 1.82) is 0 Å². The Labute approximate surface area is 152 Å². The largest absolute Gasteiger partial charge is 0.392 e. The molecule has 4 heteroatoms. The fraction of sp³-hybridized carbons (Fsp3) is 0.136. The highest BCUT2D eigenvalue weighted by molar-refractivity contribution is 6.09. The number of rotatable bonds is 4. The van der Waals surface area contributed by atoms with Crippen LogP contribution >= 0.6 is 0 Å². The first-order valence-corrected chi connectivity index (χ1v) is 8.57. The van der Waals surface area contributed by atoms with Crippen LogP contribution < -0.4 is 4.90 Å². The molecule has 0 spiro atoms. The molecule has 1 heterocycles. The van der Waals surface area contributed by atoms with E-state index in [1.165, 1.54) is 0 Å². The van der Waals surface area contributed by atoms with Gasteiger partial charge in [-0.3, -0.25) is 0 Å². The van der Waals surface area contributed by atoms with E-state index in [1.807, 2.05) is 61.6 Å². The van der Waals surface area contributed by atoms with Gasteiger partial charge in [-0.2, -0.15) is 0 Å². The van der Waals surface area contributed by atoms with Gasteiger partial charge in [0.1, 0.15) is 0 Å². The van der Waals surface area contributed by atoms with Crippen molar-refractivity contribution in [2.24, 2.45) is 0 Å². The van der Waals surface area contributed by atoms with Crippen molar-refractivity contribution in [3.8, 4) is 0 Å². The maximum Gasteiger partial charge on any atom is 0.0730 e. The smallest absolute Gasteiger partial charge is 0.0730 e. The van der Waals surface area contributed by atoms with E-state index in [0.29, 0.717) is 0 Å². The predicted molar refractivity (Wildman–Crippen MR) is 106 cm³/mol. The van der Waals surface area contributed by atoms with Crippen LogP contribution in [0.4, 0.5) is 11.4 Å². The lowest BCUT2D eigenvalue weighted by Crippen LogP contribution is -2.12. The number of nitrogens with zero attached hydrogens (tertiary/aromatic N) is 2. The van der Waals surface area contributed by atoms with Crippen LogP contribution in [0.25, 0.3) is 21.8 Å². The van der Waals surface area contributed by atoms with Gasteiger partial charge in [0.05, 0.1) is 29.9 Å². The lowest BCUT2D eigenvalue weighted by atomic mass is 10.0. The van der Waals surface area contributed by atoms with E-state index >= 15 is 0 Å². The summed E-state index contributed by atoms with van der Waals surface area (Å²) >= 11 is 0. The summed E-state index contributed by atoms with van der Waals surface area (Å²) < 4.78 is 0. The van der Waals surface area contributed by atoms with Crippen LogP contribution in [-0.2, 0) is 13.2 Å². The van der Waals surface area contributed by atoms with Crippen LogP contribution in [-0.4, -0.2) is 22.2 Å². The second-order valence-corrected chi connectivity index (χ2v) is 6.38. The standard InChI is InChI=1S/C22H20N2O2/c1-24(17-11-15(13-25)10-16(12-17)14-26)22-18-6-2-4-8-20(18)23-21-9-5-3-7-19(21)22/h2-12,25-26H,13-14H2,1H3. The highest BCUT2D eigenvalue weighted by atomic mass is 16.3. The molecule has 0 aliphatic heterocycles. The summed E-state index contributed by atoms with van der Waals surface area (Å²) in [5.74, 6) is 0. The Morgan fingerprint density at radius 3 is 1.77 bits per heavy atom. The average molecular weight is 344 g/mol. The number of pyridine rings is 1.